The van der Waals surface area contributed by atoms with Gasteiger partial charge in [0.05, 0.1) is 13.1 Å². The van der Waals surface area contributed by atoms with E-state index in [1.807, 2.05) is 0 Å². The molecule has 0 N–H and O–H groups in total. The monoisotopic (exact) mass is 237 g/mol. The molecule has 0 bridgehead atoms. The Kier molecular flexibility index (Phi) is 3.19. The Morgan fingerprint density at radius 1 is 1.24 bits per heavy atom. The third-order valence-electron chi connectivity index (χ3n) is 2.80. The van der Waals surface area contributed by atoms with E-state index < -0.39 is 11.9 Å². The van der Waals surface area contributed by atoms with Crippen molar-refractivity contribution in [1.29, 1.82) is 0 Å². The fourth-order valence-corrected chi connectivity index (χ4v) is 1.86. The molecular weight excluding hydrogens is 225 g/mol. The Bertz CT molecular complexity index is 445. The van der Waals surface area contributed by atoms with Crippen molar-refractivity contribution in [2.75, 3.05) is 13.1 Å². The zero-order valence-electron chi connectivity index (χ0n) is 9.35. The van der Waals surface area contributed by atoms with Gasteiger partial charge in [0.25, 0.3) is 0 Å². The van der Waals surface area contributed by atoms with E-state index in [1.165, 1.54) is 6.07 Å². The summed E-state index contributed by atoms with van der Waals surface area (Å²) in [6, 6.07) is 5.98. The quantitative estimate of drug-likeness (QED) is 0.574. The van der Waals surface area contributed by atoms with E-state index in [1.54, 1.807) is 30.0 Å². The SMILES string of the molecule is CC(c1ccccc1F)N1CC(=O)OC(=O)C1. The van der Waals surface area contributed by atoms with Gasteiger partial charge >= 0.3 is 11.9 Å². The van der Waals surface area contributed by atoms with E-state index in [0.29, 0.717) is 5.56 Å². The zero-order chi connectivity index (χ0) is 12.4. The minimum absolute atomic E-state index is 0.00123. The molecule has 0 radical (unpaired) electrons. The van der Waals surface area contributed by atoms with Crippen molar-refractivity contribution in [3.8, 4) is 0 Å². The maximum Gasteiger partial charge on any atom is 0.327 e. The fourth-order valence-electron chi connectivity index (χ4n) is 1.86. The highest BCUT2D eigenvalue weighted by Gasteiger charge is 2.29. The summed E-state index contributed by atoms with van der Waals surface area (Å²) in [7, 11) is 0. The molecule has 17 heavy (non-hydrogen) atoms. The van der Waals surface area contributed by atoms with Crippen LogP contribution in [-0.4, -0.2) is 29.9 Å². The van der Waals surface area contributed by atoms with E-state index in [2.05, 4.69) is 4.74 Å². The minimum atomic E-state index is -0.593. The molecule has 1 aromatic carbocycles. The van der Waals surface area contributed by atoms with Gasteiger partial charge in [-0.3, -0.25) is 14.5 Å². The predicted octanol–water partition coefficient (Wildman–Crippen LogP) is 1.27. The molecule has 1 aliphatic rings. The summed E-state index contributed by atoms with van der Waals surface area (Å²) in [6.45, 7) is 1.76. The molecule has 0 saturated carbocycles. The molecule has 1 aliphatic heterocycles. The first-order chi connectivity index (χ1) is 8.08. The number of hydrogen-bond acceptors (Lipinski definition) is 4. The maximum absolute atomic E-state index is 13.6. The highest BCUT2D eigenvalue weighted by Crippen LogP contribution is 2.23. The molecule has 0 amide bonds. The third-order valence-corrected chi connectivity index (χ3v) is 2.80. The average Bonchev–Trinajstić information content (AvgIpc) is 2.27. The Labute approximate surface area is 98.0 Å². The average molecular weight is 237 g/mol. The molecule has 0 spiro atoms. The van der Waals surface area contributed by atoms with Gasteiger partial charge in [0.2, 0.25) is 0 Å². The number of ether oxygens (including phenoxy) is 1. The van der Waals surface area contributed by atoms with Gasteiger partial charge in [-0.2, -0.15) is 0 Å². The summed E-state index contributed by atoms with van der Waals surface area (Å²) in [5.74, 6) is -1.53. The lowest BCUT2D eigenvalue weighted by Gasteiger charge is -2.30. The maximum atomic E-state index is 13.6. The van der Waals surface area contributed by atoms with Crippen LogP contribution in [0.1, 0.15) is 18.5 Å². The van der Waals surface area contributed by atoms with Gasteiger partial charge in [-0.1, -0.05) is 18.2 Å². The number of rotatable bonds is 2. The fraction of sp³-hybridized carbons (Fsp3) is 0.333. The summed E-state index contributed by atoms with van der Waals surface area (Å²) >= 11 is 0. The van der Waals surface area contributed by atoms with E-state index >= 15 is 0 Å². The van der Waals surface area contributed by atoms with Crippen LogP contribution < -0.4 is 0 Å². The summed E-state index contributed by atoms with van der Waals surface area (Å²) < 4.78 is 18.0. The van der Waals surface area contributed by atoms with Crippen LogP contribution in [0.5, 0.6) is 0 Å². The second-order valence-electron chi connectivity index (χ2n) is 3.95. The Hall–Kier alpha value is -1.75. The number of cyclic esters (lactones) is 2. The molecule has 1 aromatic rings. The second kappa shape index (κ2) is 4.63. The first-order valence-corrected chi connectivity index (χ1v) is 5.30. The molecule has 0 aromatic heterocycles. The summed E-state index contributed by atoms with van der Waals surface area (Å²) in [5.41, 5.74) is 0.468. The standard InChI is InChI=1S/C12H12FNO3/c1-8(9-4-2-3-5-10(9)13)14-6-11(15)17-12(16)7-14/h2-5,8H,6-7H2,1H3. The molecule has 1 fully saturated rings. The highest BCUT2D eigenvalue weighted by atomic mass is 19.1. The third kappa shape index (κ3) is 2.50. The van der Waals surface area contributed by atoms with Crippen molar-refractivity contribution in [2.24, 2.45) is 0 Å². The van der Waals surface area contributed by atoms with Crippen LogP contribution in [0.2, 0.25) is 0 Å². The first-order valence-electron chi connectivity index (χ1n) is 5.30. The topological polar surface area (TPSA) is 46.6 Å². The van der Waals surface area contributed by atoms with Crippen molar-refractivity contribution in [2.45, 2.75) is 13.0 Å². The molecule has 1 heterocycles. The van der Waals surface area contributed by atoms with E-state index in [4.69, 9.17) is 0 Å². The molecule has 1 unspecified atom stereocenters. The van der Waals surface area contributed by atoms with Crippen molar-refractivity contribution in [3.63, 3.8) is 0 Å². The van der Waals surface area contributed by atoms with Crippen LogP contribution in [0.4, 0.5) is 4.39 Å². The van der Waals surface area contributed by atoms with Gasteiger partial charge in [-0.05, 0) is 13.0 Å². The molecule has 1 saturated heterocycles. The van der Waals surface area contributed by atoms with Gasteiger partial charge in [0, 0.05) is 11.6 Å². The van der Waals surface area contributed by atoms with Crippen LogP contribution in [0, 0.1) is 5.82 Å². The normalized spacial score (nSPS) is 18.9. The van der Waals surface area contributed by atoms with Gasteiger partial charge in [-0.25, -0.2) is 4.39 Å². The van der Waals surface area contributed by atoms with Gasteiger partial charge < -0.3 is 4.74 Å². The molecular formula is C12H12FNO3. The summed E-state index contributed by atoms with van der Waals surface area (Å²) in [6.07, 6.45) is 0. The molecule has 90 valence electrons. The number of morpholine rings is 1. The molecule has 5 heteroatoms. The molecule has 4 nitrogen and oxygen atoms in total. The van der Waals surface area contributed by atoms with Crippen LogP contribution in [0.15, 0.2) is 24.3 Å². The molecule has 1 atom stereocenters. The predicted molar refractivity (Wildman–Crippen MR) is 57.5 cm³/mol. The second-order valence-corrected chi connectivity index (χ2v) is 3.95. The Balaban J connectivity index is 2.20. The van der Waals surface area contributed by atoms with Crippen LogP contribution in [0.25, 0.3) is 0 Å². The van der Waals surface area contributed by atoms with Gasteiger partial charge in [0.15, 0.2) is 0 Å². The first kappa shape index (κ1) is 11.7. The number of hydrogen-bond donors (Lipinski definition) is 0. The van der Waals surface area contributed by atoms with Gasteiger partial charge in [0.1, 0.15) is 5.82 Å². The number of halogens is 1. The number of esters is 2. The van der Waals surface area contributed by atoms with Gasteiger partial charge in [-0.15, -0.1) is 0 Å². The van der Waals surface area contributed by atoms with Crippen molar-refractivity contribution in [1.82, 2.24) is 4.90 Å². The van der Waals surface area contributed by atoms with Crippen LogP contribution in [0.3, 0.4) is 0 Å². The van der Waals surface area contributed by atoms with Crippen molar-refractivity contribution in [3.05, 3.63) is 35.6 Å². The van der Waals surface area contributed by atoms with Crippen LogP contribution >= 0.6 is 0 Å². The van der Waals surface area contributed by atoms with Crippen molar-refractivity contribution < 1.29 is 18.7 Å². The lowest BCUT2D eigenvalue weighted by atomic mass is 10.1. The number of benzene rings is 1. The van der Waals surface area contributed by atoms with Crippen molar-refractivity contribution >= 4 is 11.9 Å². The minimum Gasteiger partial charge on any atom is -0.391 e. The number of carbonyl (C=O) groups is 2. The Morgan fingerprint density at radius 3 is 2.41 bits per heavy atom. The van der Waals surface area contributed by atoms with E-state index in [-0.39, 0.29) is 24.9 Å². The summed E-state index contributed by atoms with van der Waals surface area (Å²) in [5, 5.41) is 0. The molecule has 0 aliphatic carbocycles. The lowest BCUT2D eigenvalue weighted by Crippen LogP contribution is -2.44. The molecule has 2 rings (SSSR count). The van der Waals surface area contributed by atoms with Crippen LogP contribution in [-0.2, 0) is 14.3 Å². The zero-order valence-corrected chi connectivity index (χ0v) is 9.35. The van der Waals surface area contributed by atoms with E-state index in [9.17, 15) is 14.0 Å². The highest BCUT2D eigenvalue weighted by molar-refractivity contribution is 5.90. The lowest BCUT2D eigenvalue weighted by molar-refractivity contribution is -0.167. The number of carbonyl (C=O) groups excluding carboxylic acids is 2. The Morgan fingerprint density at radius 2 is 1.82 bits per heavy atom. The smallest absolute Gasteiger partial charge is 0.327 e. The van der Waals surface area contributed by atoms with E-state index in [0.717, 1.165) is 0 Å². The summed E-state index contributed by atoms with van der Waals surface area (Å²) in [4.78, 5) is 23.8. The number of nitrogens with zero attached hydrogens (tertiary/aromatic N) is 1. The largest absolute Gasteiger partial charge is 0.391 e.